The Labute approximate surface area is 117 Å². The van der Waals surface area contributed by atoms with Gasteiger partial charge in [-0.1, -0.05) is 45.0 Å². The molecule has 1 heterocycles. The quantitative estimate of drug-likeness (QED) is 0.830. The van der Waals surface area contributed by atoms with Crippen molar-refractivity contribution >= 4 is 0 Å². The molecule has 1 aliphatic heterocycles. The molecule has 0 bridgehead atoms. The normalized spacial score (nSPS) is 27.3. The van der Waals surface area contributed by atoms with Gasteiger partial charge in [0.25, 0.3) is 0 Å². The third kappa shape index (κ3) is 3.37. The van der Waals surface area contributed by atoms with E-state index in [1.807, 2.05) is 0 Å². The van der Waals surface area contributed by atoms with Gasteiger partial charge in [-0.25, -0.2) is 0 Å². The Morgan fingerprint density at radius 2 is 1.74 bits per heavy atom. The highest BCUT2D eigenvalue weighted by Gasteiger charge is 2.33. The van der Waals surface area contributed by atoms with Gasteiger partial charge in [-0.05, 0) is 37.3 Å². The third-order valence-corrected chi connectivity index (χ3v) is 3.80. The zero-order valence-electron chi connectivity index (χ0n) is 13.1. The second-order valence-electron chi connectivity index (χ2n) is 7.42. The molecular weight excluding hydrogens is 234 g/mol. The van der Waals surface area contributed by atoms with Gasteiger partial charge in [0, 0.05) is 11.6 Å². The molecule has 0 radical (unpaired) electrons. The van der Waals surface area contributed by atoms with Gasteiger partial charge in [-0.2, -0.15) is 0 Å². The van der Waals surface area contributed by atoms with E-state index in [4.69, 9.17) is 4.74 Å². The number of ether oxygens (including phenoxy) is 1. The predicted molar refractivity (Wildman–Crippen MR) is 80.5 cm³/mol. The number of nitrogens with one attached hydrogen (secondary N) is 1. The average Bonchev–Trinajstić information content (AvgIpc) is 2.27. The van der Waals surface area contributed by atoms with E-state index < -0.39 is 0 Å². The van der Waals surface area contributed by atoms with Crippen LogP contribution in [-0.4, -0.2) is 18.2 Å². The van der Waals surface area contributed by atoms with Crippen molar-refractivity contribution in [1.29, 1.82) is 0 Å². The smallest absolute Gasteiger partial charge is 0.0976 e. The fourth-order valence-corrected chi connectivity index (χ4v) is 2.73. The summed E-state index contributed by atoms with van der Waals surface area (Å²) in [4.78, 5) is 0. The van der Waals surface area contributed by atoms with Crippen LogP contribution in [0, 0.1) is 0 Å². The van der Waals surface area contributed by atoms with Crippen molar-refractivity contribution in [2.24, 2.45) is 0 Å². The lowest BCUT2D eigenvalue weighted by molar-refractivity contribution is -0.0495. The van der Waals surface area contributed by atoms with Crippen LogP contribution in [0.2, 0.25) is 0 Å². The van der Waals surface area contributed by atoms with Crippen molar-refractivity contribution in [3.05, 3.63) is 35.4 Å². The lowest BCUT2D eigenvalue weighted by Crippen LogP contribution is -2.55. The molecule has 1 aromatic carbocycles. The Balaban J connectivity index is 2.15. The van der Waals surface area contributed by atoms with E-state index in [0.29, 0.717) is 6.04 Å². The molecule has 2 unspecified atom stereocenters. The van der Waals surface area contributed by atoms with Crippen LogP contribution in [0.4, 0.5) is 0 Å². The molecule has 1 aliphatic rings. The molecule has 19 heavy (non-hydrogen) atoms. The molecule has 2 rings (SSSR count). The average molecular weight is 261 g/mol. The van der Waals surface area contributed by atoms with Crippen molar-refractivity contribution in [2.45, 2.75) is 64.6 Å². The van der Waals surface area contributed by atoms with E-state index in [1.54, 1.807) is 0 Å². The second kappa shape index (κ2) is 4.92. The van der Waals surface area contributed by atoms with Crippen molar-refractivity contribution in [3.8, 4) is 0 Å². The van der Waals surface area contributed by atoms with Gasteiger partial charge < -0.3 is 10.1 Å². The summed E-state index contributed by atoms with van der Waals surface area (Å²) in [6.45, 7) is 14.0. The first-order valence-corrected chi connectivity index (χ1v) is 7.19. The first-order chi connectivity index (χ1) is 8.69. The third-order valence-electron chi connectivity index (χ3n) is 3.80. The van der Waals surface area contributed by atoms with Crippen LogP contribution in [0.3, 0.4) is 0 Å². The van der Waals surface area contributed by atoms with Gasteiger partial charge in [-0.3, -0.25) is 0 Å². The summed E-state index contributed by atoms with van der Waals surface area (Å²) in [5.41, 5.74) is 2.91. The summed E-state index contributed by atoms with van der Waals surface area (Å²) >= 11 is 0. The first-order valence-electron chi connectivity index (χ1n) is 7.19. The number of hydrogen-bond donors (Lipinski definition) is 1. The zero-order valence-corrected chi connectivity index (χ0v) is 13.1. The van der Waals surface area contributed by atoms with Crippen molar-refractivity contribution in [2.75, 3.05) is 6.61 Å². The highest BCUT2D eigenvalue weighted by molar-refractivity contribution is 5.29. The van der Waals surface area contributed by atoms with E-state index in [9.17, 15) is 0 Å². The molecule has 2 nitrogen and oxygen atoms in total. The van der Waals surface area contributed by atoms with Gasteiger partial charge in [0.1, 0.15) is 0 Å². The minimum Gasteiger partial charge on any atom is -0.370 e. The van der Waals surface area contributed by atoms with Crippen LogP contribution in [0.15, 0.2) is 24.3 Å². The van der Waals surface area contributed by atoms with Crippen molar-refractivity contribution in [3.63, 3.8) is 0 Å². The van der Waals surface area contributed by atoms with Gasteiger partial charge in [0.2, 0.25) is 0 Å². The zero-order chi connectivity index (χ0) is 14.3. The molecule has 106 valence electrons. The van der Waals surface area contributed by atoms with Crippen LogP contribution >= 0.6 is 0 Å². The molecule has 0 amide bonds. The largest absolute Gasteiger partial charge is 0.370 e. The van der Waals surface area contributed by atoms with Gasteiger partial charge in [0.05, 0.1) is 12.7 Å². The fraction of sp³-hybridized carbons (Fsp3) is 0.647. The van der Waals surface area contributed by atoms with E-state index >= 15 is 0 Å². The minimum atomic E-state index is 0.0707. The molecule has 1 fully saturated rings. The Hall–Kier alpha value is -0.860. The Morgan fingerprint density at radius 3 is 2.21 bits per heavy atom. The second-order valence-corrected chi connectivity index (χ2v) is 7.42. The summed E-state index contributed by atoms with van der Waals surface area (Å²) in [6.07, 6.45) is 0.155. The van der Waals surface area contributed by atoms with E-state index in [2.05, 4.69) is 71.1 Å². The van der Waals surface area contributed by atoms with Crippen LogP contribution in [0.25, 0.3) is 0 Å². The van der Waals surface area contributed by atoms with Crippen LogP contribution in [-0.2, 0) is 10.2 Å². The van der Waals surface area contributed by atoms with E-state index in [1.165, 1.54) is 11.1 Å². The highest BCUT2D eigenvalue weighted by Crippen LogP contribution is 2.30. The number of morpholine rings is 1. The SMILES string of the molecule is CC1NC(C)(C)COC1c1ccc(C(C)(C)C)cc1. The maximum absolute atomic E-state index is 6.05. The summed E-state index contributed by atoms with van der Waals surface area (Å²) in [5, 5.41) is 3.62. The van der Waals surface area contributed by atoms with Gasteiger partial charge >= 0.3 is 0 Å². The summed E-state index contributed by atoms with van der Waals surface area (Å²) in [6, 6.07) is 9.21. The molecule has 1 N–H and O–H groups in total. The number of hydrogen-bond acceptors (Lipinski definition) is 2. The summed E-state index contributed by atoms with van der Waals surface area (Å²) in [7, 11) is 0. The maximum Gasteiger partial charge on any atom is 0.0976 e. The standard InChI is InChI=1S/C17H27NO/c1-12-15(19-11-17(5,6)18-12)13-7-9-14(10-8-13)16(2,3)4/h7-10,12,15,18H,11H2,1-6H3. The van der Waals surface area contributed by atoms with Crippen molar-refractivity contribution < 1.29 is 4.74 Å². The molecule has 0 aromatic heterocycles. The molecule has 1 aromatic rings. The van der Waals surface area contributed by atoms with Crippen LogP contribution in [0.1, 0.15) is 58.8 Å². The Bertz CT molecular complexity index is 428. The Morgan fingerprint density at radius 1 is 1.16 bits per heavy atom. The molecular formula is C17H27NO. The Kier molecular flexibility index (Phi) is 3.76. The molecule has 0 saturated carbocycles. The van der Waals surface area contributed by atoms with Crippen LogP contribution < -0.4 is 5.32 Å². The molecule has 0 aliphatic carbocycles. The lowest BCUT2D eigenvalue weighted by Gasteiger charge is -2.41. The number of benzene rings is 1. The molecule has 2 atom stereocenters. The fourth-order valence-electron chi connectivity index (χ4n) is 2.73. The summed E-state index contributed by atoms with van der Waals surface area (Å²) in [5.74, 6) is 0. The van der Waals surface area contributed by atoms with E-state index in [-0.39, 0.29) is 17.1 Å². The minimum absolute atomic E-state index is 0.0707. The van der Waals surface area contributed by atoms with Crippen molar-refractivity contribution in [1.82, 2.24) is 5.32 Å². The van der Waals surface area contributed by atoms with Gasteiger partial charge in [-0.15, -0.1) is 0 Å². The maximum atomic E-state index is 6.05. The monoisotopic (exact) mass is 261 g/mol. The predicted octanol–water partition coefficient (Wildman–Crippen LogP) is 3.81. The summed E-state index contributed by atoms with van der Waals surface area (Å²) < 4.78 is 6.05. The topological polar surface area (TPSA) is 21.3 Å². The molecule has 1 saturated heterocycles. The lowest BCUT2D eigenvalue weighted by atomic mass is 9.86. The van der Waals surface area contributed by atoms with Crippen LogP contribution in [0.5, 0.6) is 0 Å². The van der Waals surface area contributed by atoms with E-state index in [0.717, 1.165) is 6.61 Å². The van der Waals surface area contributed by atoms with Gasteiger partial charge in [0.15, 0.2) is 0 Å². The molecule has 2 heteroatoms. The highest BCUT2D eigenvalue weighted by atomic mass is 16.5. The first kappa shape index (κ1) is 14.5. The molecule has 0 spiro atoms. The number of rotatable bonds is 1.